The van der Waals surface area contributed by atoms with Gasteiger partial charge in [-0.1, -0.05) is 26.0 Å². The van der Waals surface area contributed by atoms with E-state index in [-0.39, 0.29) is 44.5 Å². The number of aliphatic hydroxyl groups is 2. The van der Waals surface area contributed by atoms with Crippen molar-refractivity contribution in [2.75, 3.05) is 32.8 Å². The van der Waals surface area contributed by atoms with Crippen molar-refractivity contribution in [3.63, 3.8) is 0 Å². The minimum absolute atomic E-state index is 0.0552. The first kappa shape index (κ1) is 55.7. The highest BCUT2D eigenvalue weighted by atomic mass is 16.4. The number of nitrogens with two attached hydrogens (primary N) is 2. The lowest BCUT2D eigenvalue weighted by atomic mass is 10.0. The third-order valence-corrected chi connectivity index (χ3v) is 10.4. The lowest BCUT2D eigenvalue weighted by Crippen LogP contribution is -2.61. The Morgan fingerprint density at radius 1 is 0.697 bits per heavy atom. The molecule has 25 nitrogen and oxygen atoms in total. The highest BCUT2D eigenvalue weighted by Crippen LogP contribution is 2.20. The molecule has 8 amide bonds. The van der Waals surface area contributed by atoms with E-state index in [2.05, 4.69) is 37.2 Å². The van der Waals surface area contributed by atoms with Crippen LogP contribution in [0.15, 0.2) is 24.3 Å². The Bertz CT molecular complexity index is 1870. The van der Waals surface area contributed by atoms with E-state index in [0.29, 0.717) is 18.4 Å². The van der Waals surface area contributed by atoms with Crippen LogP contribution in [0, 0.1) is 5.92 Å². The van der Waals surface area contributed by atoms with Crippen LogP contribution in [-0.4, -0.2) is 171 Å². The van der Waals surface area contributed by atoms with Gasteiger partial charge in [0.15, 0.2) is 0 Å². The molecule has 1 aliphatic rings. The number of rotatable bonds is 28. The molecule has 16 N–H and O–H groups in total. The molecule has 1 fully saturated rings. The van der Waals surface area contributed by atoms with Gasteiger partial charge in [0.05, 0.1) is 13.2 Å². The van der Waals surface area contributed by atoms with Crippen LogP contribution in [0.25, 0.3) is 0 Å². The largest absolute Gasteiger partial charge is 0.508 e. The number of nitrogens with one attached hydrogen (secondary N) is 7. The molecule has 0 aromatic heterocycles. The van der Waals surface area contributed by atoms with Crippen LogP contribution < -0.4 is 48.7 Å². The van der Waals surface area contributed by atoms with Crippen LogP contribution in [0.3, 0.4) is 0 Å². The van der Waals surface area contributed by atoms with Crippen molar-refractivity contribution >= 4 is 59.2 Å². The van der Waals surface area contributed by atoms with Crippen molar-refractivity contribution in [3.8, 4) is 5.75 Å². The van der Waals surface area contributed by atoms with Gasteiger partial charge in [0.1, 0.15) is 60.6 Å². The number of aliphatic hydroxyl groups excluding tert-OH is 2. The number of hydrogen-bond acceptors (Lipinski definition) is 15. The number of hydrogen-bond donors (Lipinski definition) is 14. The Morgan fingerprint density at radius 3 is 1.83 bits per heavy atom. The van der Waals surface area contributed by atoms with Crippen LogP contribution in [0.1, 0.15) is 71.3 Å². The summed E-state index contributed by atoms with van der Waals surface area (Å²) in [6.45, 7) is 2.34. The maximum atomic E-state index is 14.1. The van der Waals surface area contributed by atoms with Crippen molar-refractivity contribution in [3.05, 3.63) is 29.8 Å². The standard InChI is InChI=1S/C41H64N10O15/c1-21(2)33(40(65)49-29(20-53)38(63)45-22(3)34(59)44-18-32(57)58)50-36(61)26(7-4-5-15-42)46-35(60)27(13-14-31(55)56)47-37(62)28(17-23-9-11-24(54)12-10-23)48-39(64)30-8-6-16-51(30)41(66)25(43)19-52/h9-12,21-22,25-30,33,52-54H,4-8,13-20,42-43H2,1-3H3,(H,44,59)(H,45,63)(H,46,60)(H,47,62)(H,48,64)(H,49,65)(H,50,61)(H,55,56)(H,57,58)/t22-,25-,26-,27-,28-,29-,30-,33-/m0/s1. The first-order valence-electron chi connectivity index (χ1n) is 21.4. The maximum absolute atomic E-state index is 14.1. The number of benzene rings is 1. The number of aromatic hydroxyl groups is 1. The normalized spacial score (nSPS) is 16.5. The first-order valence-corrected chi connectivity index (χ1v) is 21.4. The predicted octanol–water partition coefficient (Wildman–Crippen LogP) is -4.98. The van der Waals surface area contributed by atoms with E-state index >= 15 is 0 Å². The predicted molar refractivity (Wildman–Crippen MR) is 231 cm³/mol. The van der Waals surface area contributed by atoms with E-state index in [4.69, 9.17) is 16.6 Å². The molecule has 1 aromatic rings. The molecule has 368 valence electrons. The van der Waals surface area contributed by atoms with Gasteiger partial charge in [-0.15, -0.1) is 0 Å². The number of nitrogens with zero attached hydrogens (tertiary/aromatic N) is 1. The number of carboxylic acids is 2. The van der Waals surface area contributed by atoms with Gasteiger partial charge in [-0.3, -0.25) is 47.9 Å². The SMILES string of the molecule is CC(C)[C@H](NC(=O)[C@H](CCCCN)NC(=O)[C@H](CCC(=O)O)NC(=O)[C@H](Cc1ccc(O)cc1)NC(=O)[C@@H]1CCCN1C(=O)[C@@H](N)CO)C(=O)N[C@@H](CO)C(=O)N[C@@H](C)C(=O)NCC(=O)O. The molecular weight excluding hydrogens is 873 g/mol. The molecule has 1 heterocycles. The summed E-state index contributed by atoms with van der Waals surface area (Å²) in [5.74, 6) is -10.6. The molecule has 0 bridgehead atoms. The molecule has 0 unspecified atom stereocenters. The Labute approximate surface area is 380 Å². The molecule has 25 heteroatoms. The molecule has 1 saturated heterocycles. The number of phenols is 1. The summed E-state index contributed by atoms with van der Waals surface area (Å²) in [6, 6.07) is -5.49. The number of amides is 8. The van der Waals surface area contributed by atoms with Gasteiger partial charge in [-0.05, 0) is 75.6 Å². The minimum Gasteiger partial charge on any atom is -0.508 e. The molecule has 66 heavy (non-hydrogen) atoms. The highest BCUT2D eigenvalue weighted by molar-refractivity contribution is 5.98. The van der Waals surface area contributed by atoms with Gasteiger partial charge < -0.3 is 79.1 Å². The second kappa shape index (κ2) is 27.8. The van der Waals surface area contributed by atoms with Gasteiger partial charge in [0.2, 0.25) is 47.3 Å². The number of aliphatic carboxylic acids is 2. The summed E-state index contributed by atoms with van der Waals surface area (Å²) < 4.78 is 0. The van der Waals surface area contributed by atoms with E-state index in [0.717, 1.165) is 0 Å². The highest BCUT2D eigenvalue weighted by Gasteiger charge is 2.39. The summed E-state index contributed by atoms with van der Waals surface area (Å²) in [4.78, 5) is 131. The third kappa shape index (κ3) is 18.2. The van der Waals surface area contributed by atoms with E-state index in [1.807, 2.05) is 0 Å². The molecular formula is C41H64N10O15. The minimum atomic E-state index is -1.63. The van der Waals surface area contributed by atoms with Crippen molar-refractivity contribution in [1.82, 2.24) is 42.1 Å². The van der Waals surface area contributed by atoms with Gasteiger partial charge >= 0.3 is 11.9 Å². The van der Waals surface area contributed by atoms with Crippen LogP contribution in [0.4, 0.5) is 0 Å². The first-order chi connectivity index (χ1) is 31.1. The molecule has 0 radical (unpaired) electrons. The van der Waals surface area contributed by atoms with Crippen LogP contribution >= 0.6 is 0 Å². The van der Waals surface area contributed by atoms with Gasteiger partial charge in [0.25, 0.3) is 0 Å². The lowest BCUT2D eigenvalue weighted by molar-refractivity contribution is -0.141. The fourth-order valence-corrected chi connectivity index (χ4v) is 6.72. The molecule has 1 aliphatic heterocycles. The van der Waals surface area contributed by atoms with Gasteiger partial charge in [-0.25, -0.2) is 0 Å². The third-order valence-electron chi connectivity index (χ3n) is 10.4. The maximum Gasteiger partial charge on any atom is 0.322 e. The summed E-state index contributed by atoms with van der Waals surface area (Å²) in [5, 5.41) is 64.3. The number of carbonyl (C=O) groups is 10. The van der Waals surface area contributed by atoms with Crippen molar-refractivity contribution in [1.29, 1.82) is 0 Å². The monoisotopic (exact) mass is 936 g/mol. The smallest absolute Gasteiger partial charge is 0.322 e. The number of unbranched alkanes of at least 4 members (excludes halogenated alkanes) is 1. The molecule has 0 spiro atoms. The molecule has 2 rings (SSSR count). The van der Waals surface area contributed by atoms with Crippen LogP contribution in [-0.2, 0) is 54.4 Å². The van der Waals surface area contributed by atoms with E-state index in [9.17, 15) is 68.4 Å². The van der Waals surface area contributed by atoms with E-state index < -0.39 is 146 Å². The van der Waals surface area contributed by atoms with Gasteiger partial charge in [0, 0.05) is 19.4 Å². The number of phenolic OH excluding ortho intramolecular Hbond substituents is 1. The van der Waals surface area contributed by atoms with E-state index in [1.54, 1.807) is 13.8 Å². The zero-order valence-electron chi connectivity index (χ0n) is 37.1. The summed E-state index contributed by atoms with van der Waals surface area (Å²) in [6.07, 6.45) is -0.107. The fourth-order valence-electron chi connectivity index (χ4n) is 6.72. The lowest BCUT2D eigenvalue weighted by Gasteiger charge is -2.29. The number of carboxylic acid groups (broad SMARTS) is 2. The molecule has 0 aliphatic carbocycles. The summed E-state index contributed by atoms with van der Waals surface area (Å²) >= 11 is 0. The van der Waals surface area contributed by atoms with Crippen molar-refractivity contribution < 1.29 is 73.5 Å². The molecule has 0 saturated carbocycles. The Kier molecular flexibility index (Phi) is 23.4. The number of likely N-dealkylation sites (tertiary alicyclic amines) is 1. The number of carbonyl (C=O) groups excluding carboxylic acids is 8. The Hall–Kier alpha value is -6.44. The van der Waals surface area contributed by atoms with Crippen LogP contribution in [0.5, 0.6) is 5.75 Å². The molecule has 8 atom stereocenters. The summed E-state index contributed by atoms with van der Waals surface area (Å²) in [7, 11) is 0. The second-order valence-corrected chi connectivity index (χ2v) is 16.1. The molecule has 1 aromatic carbocycles. The fraction of sp³-hybridized carbons (Fsp3) is 0.610. The second-order valence-electron chi connectivity index (χ2n) is 16.1. The van der Waals surface area contributed by atoms with Crippen molar-refractivity contribution in [2.45, 2.75) is 120 Å². The average Bonchev–Trinajstić information content (AvgIpc) is 3.77. The van der Waals surface area contributed by atoms with Crippen LogP contribution in [0.2, 0.25) is 0 Å². The van der Waals surface area contributed by atoms with Crippen molar-refractivity contribution in [2.24, 2.45) is 17.4 Å². The summed E-state index contributed by atoms with van der Waals surface area (Å²) in [5.41, 5.74) is 11.8. The quantitative estimate of drug-likeness (QED) is 0.0350. The Balaban J connectivity index is 2.36. The average molecular weight is 937 g/mol. The topological polar surface area (TPSA) is 411 Å². The zero-order valence-corrected chi connectivity index (χ0v) is 37.1. The van der Waals surface area contributed by atoms with E-state index in [1.165, 1.54) is 36.1 Å². The van der Waals surface area contributed by atoms with Gasteiger partial charge in [-0.2, -0.15) is 0 Å². The Morgan fingerprint density at radius 2 is 1.27 bits per heavy atom. The zero-order chi connectivity index (χ0) is 49.7.